The Kier molecular flexibility index (Phi) is 12.1. The van der Waals surface area contributed by atoms with Gasteiger partial charge in [-0.05, 0) is 66.2 Å². The molecular weight excluding hydrogens is 680 g/mol. The summed E-state index contributed by atoms with van der Waals surface area (Å²) >= 11 is 12.5. The van der Waals surface area contributed by atoms with Gasteiger partial charge in [0, 0.05) is 24.7 Å². The van der Waals surface area contributed by atoms with Crippen molar-refractivity contribution in [1.82, 2.24) is 20.2 Å². The number of H-pyrrole nitrogens is 1. The van der Waals surface area contributed by atoms with E-state index in [0.29, 0.717) is 44.0 Å². The fourth-order valence-electron chi connectivity index (χ4n) is 6.18. The van der Waals surface area contributed by atoms with Gasteiger partial charge in [0.1, 0.15) is 17.1 Å². The van der Waals surface area contributed by atoms with Crippen molar-refractivity contribution in [2.75, 3.05) is 25.1 Å². The molecule has 0 bridgehead atoms. The highest BCUT2D eigenvalue weighted by molar-refractivity contribution is 6.43. The number of carboxylic acid groups (broad SMARTS) is 1. The first kappa shape index (κ1) is 38.2. The summed E-state index contributed by atoms with van der Waals surface area (Å²) in [6.45, 7) is 11.0. The minimum Gasteiger partial charge on any atom is -0.497 e. The number of hydrogen-bond donors (Lipinski definition) is 3. The number of alkyl halides is 3. The molecule has 2 fully saturated rings. The number of methoxy groups -OCH3 is 1. The lowest BCUT2D eigenvalue weighted by Gasteiger charge is -2.42. The number of hydrogen-bond acceptors (Lipinski definition) is 7. The third-order valence-electron chi connectivity index (χ3n) is 9.69. The molecule has 1 aliphatic carbocycles. The zero-order chi connectivity index (χ0) is 36.1. The quantitative estimate of drug-likeness (QED) is 0.190. The smallest absolute Gasteiger partial charge is 0.490 e. The number of fused-ring (bicyclic) bond motifs is 1. The monoisotopic (exact) mass is 722 g/mol. The third-order valence-corrected chi connectivity index (χ3v) is 10.5. The molecule has 1 saturated heterocycles. The second-order valence-electron chi connectivity index (χ2n) is 13.6. The van der Waals surface area contributed by atoms with E-state index >= 15 is 0 Å². The molecule has 1 saturated carbocycles. The SMILES string of the molecule is COc1ccc([C@@H](C)C(C)(C)C)cc1.N[C@@H]1CCCC12CCN(c1cnc3c(-c4cccc(Cl)c4Cl)[nH]nc3n1)CC2.O=C(O)C(F)(F)F. The van der Waals surface area contributed by atoms with Crippen LogP contribution >= 0.6 is 23.2 Å². The van der Waals surface area contributed by atoms with Crippen molar-refractivity contribution < 1.29 is 27.8 Å². The van der Waals surface area contributed by atoms with E-state index in [2.05, 4.69) is 59.9 Å². The molecule has 2 aliphatic rings. The van der Waals surface area contributed by atoms with Crippen molar-refractivity contribution in [1.29, 1.82) is 0 Å². The third kappa shape index (κ3) is 9.15. The molecule has 2 aromatic heterocycles. The standard InChI is InChI=1S/C20H22Cl2N6.C13H20O.C2HF3O2/c21-13-4-1-3-12(16(13)22)17-18-19(27-26-17)25-15(11-24-18)28-9-7-20(8-10-28)6-2-5-14(20)23;1-10(13(2,3)4)11-6-8-12(14-5)9-7-11;3-2(4,5)1(6)7/h1,3-4,11,14H,2,5-10,23H2,(H,25,26,27);6-10H,1-5H3;(H,6,7)/t14-;10-;/m11./s1. The highest BCUT2D eigenvalue weighted by atomic mass is 35.5. The number of nitrogens with zero attached hydrogens (tertiary/aromatic N) is 4. The Balaban J connectivity index is 0.000000215. The molecule has 2 aromatic carbocycles. The Hall–Kier alpha value is -3.61. The van der Waals surface area contributed by atoms with Gasteiger partial charge in [-0.25, -0.2) is 14.8 Å². The van der Waals surface area contributed by atoms with Crippen LogP contribution in [0.25, 0.3) is 22.4 Å². The minimum atomic E-state index is -5.08. The van der Waals surface area contributed by atoms with Crippen LogP contribution in [0.15, 0.2) is 48.7 Å². The number of benzene rings is 2. The number of ether oxygens (including phenoxy) is 1. The van der Waals surface area contributed by atoms with Crippen molar-refractivity contribution in [3.63, 3.8) is 0 Å². The summed E-state index contributed by atoms with van der Waals surface area (Å²) in [4.78, 5) is 20.6. The summed E-state index contributed by atoms with van der Waals surface area (Å²) in [5.41, 5.74) is 11.2. The van der Waals surface area contributed by atoms with Gasteiger partial charge in [0.25, 0.3) is 0 Å². The lowest BCUT2D eigenvalue weighted by Crippen LogP contribution is -2.47. The Morgan fingerprint density at radius 1 is 1.10 bits per heavy atom. The summed E-state index contributed by atoms with van der Waals surface area (Å²) in [7, 11) is 1.70. The van der Waals surface area contributed by atoms with Crippen LogP contribution in [-0.4, -0.2) is 63.7 Å². The summed E-state index contributed by atoms with van der Waals surface area (Å²) in [6, 6.07) is 14.2. The van der Waals surface area contributed by atoms with Gasteiger partial charge in [0.2, 0.25) is 5.65 Å². The van der Waals surface area contributed by atoms with E-state index in [4.69, 9.17) is 48.6 Å². The molecule has 4 aromatic rings. The van der Waals surface area contributed by atoms with Crippen molar-refractivity contribution in [3.05, 3.63) is 64.3 Å². The van der Waals surface area contributed by atoms with Crippen molar-refractivity contribution in [3.8, 4) is 17.0 Å². The Bertz CT molecular complexity index is 1720. The van der Waals surface area contributed by atoms with Gasteiger partial charge in [-0.1, -0.05) is 81.6 Å². The number of halogens is 5. The van der Waals surface area contributed by atoms with Crippen LogP contribution in [0, 0.1) is 10.8 Å². The highest BCUT2D eigenvalue weighted by Gasteiger charge is 2.43. The Morgan fingerprint density at radius 2 is 1.73 bits per heavy atom. The normalized spacial score (nSPS) is 17.9. The van der Waals surface area contributed by atoms with E-state index in [1.807, 2.05) is 30.5 Å². The van der Waals surface area contributed by atoms with Crippen LogP contribution in [0.1, 0.15) is 71.3 Å². The van der Waals surface area contributed by atoms with Crippen LogP contribution in [0.2, 0.25) is 10.0 Å². The number of anilines is 1. The number of piperidine rings is 1. The number of aliphatic carboxylic acids is 1. The molecule has 49 heavy (non-hydrogen) atoms. The number of aromatic nitrogens is 4. The lowest BCUT2D eigenvalue weighted by atomic mass is 9.74. The molecule has 3 heterocycles. The Morgan fingerprint density at radius 3 is 2.27 bits per heavy atom. The number of carboxylic acids is 1. The molecule has 9 nitrogen and oxygen atoms in total. The van der Waals surface area contributed by atoms with E-state index in [-0.39, 0.29) is 0 Å². The highest BCUT2D eigenvalue weighted by Crippen LogP contribution is 2.46. The van der Waals surface area contributed by atoms with Crippen LogP contribution in [0.5, 0.6) is 5.75 Å². The van der Waals surface area contributed by atoms with E-state index in [9.17, 15) is 13.2 Å². The molecule has 0 amide bonds. The van der Waals surface area contributed by atoms with Crippen LogP contribution in [0.3, 0.4) is 0 Å². The lowest BCUT2D eigenvalue weighted by molar-refractivity contribution is -0.192. The van der Waals surface area contributed by atoms with E-state index in [1.54, 1.807) is 13.2 Å². The van der Waals surface area contributed by atoms with Crippen molar-refractivity contribution >= 4 is 46.2 Å². The molecule has 1 spiro atoms. The molecule has 1 aliphatic heterocycles. The number of carbonyl (C=O) groups is 1. The maximum Gasteiger partial charge on any atom is 0.490 e. The van der Waals surface area contributed by atoms with Gasteiger partial charge in [0.05, 0.1) is 29.0 Å². The number of nitrogens with two attached hydrogens (primary N) is 1. The fraction of sp³-hybridized carbons (Fsp3) is 0.486. The molecule has 2 atom stereocenters. The molecule has 4 N–H and O–H groups in total. The summed E-state index contributed by atoms with van der Waals surface area (Å²) in [5.74, 6) is -0.403. The first-order valence-corrected chi connectivity index (χ1v) is 16.8. The minimum absolute atomic E-state index is 0.314. The molecule has 6 rings (SSSR count). The summed E-state index contributed by atoms with van der Waals surface area (Å²) in [5, 5.41) is 15.5. The van der Waals surface area contributed by atoms with Crippen molar-refractivity contribution in [2.24, 2.45) is 16.6 Å². The van der Waals surface area contributed by atoms with E-state index in [0.717, 1.165) is 55.2 Å². The number of aromatic amines is 1. The average molecular weight is 724 g/mol. The second-order valence-corrected chi connectivity index (χ2v) is 14.4. The second kappa shape index (κ2) is 15.5. The molecule has 266 valence electrons. The Labute approximate surface area is 294 Å². The summed E-state index contributed by atoms with van der Waals surface area (Å²) in [6.07, 6.45) is 2.67. The van der Waals surface area contributed by atoms with Gasteiger partial charge in [0.15, 0.2) is 0 Å². The zero-order valence-electron chi connectivity index (χ0n) is 28.2. The fourth-order valence-corrected chi connectivity index (χ4v) is 6.58. The first-order chi connectivity index (χ1) is 23.0. The predicted molar refractivity (Wildman–Crippen MR) is 187 cm³/mol. The van der Waals surface area contributed by atoms with Gasteiger partial charge < -0.3 is 20.5 Å². The number of rotatable bonds is 4. The number of nitrogens with one attached hydrogen (secondary N) is 1. The predicted octanol–water partition coefficient (Wildman–Crippen LogP) is 8.90. The average Bonchev–Trinajstić information content (AvgIpc) is 3.64. The molecular formula is C35H43Cl2F3N6O3. The largest absolute Gasteiger partial charge is 0.497 e. The van der Waals surface area contributed by atoms with Gasteiger partial charge >= 0.3 is 12.1 Å². The molecule has 0 unspecified atom stereocenters. The zero-order valence-corrected chi connectivity index (χ0v) is 29.8. The van der Waals surface area contributed by atoms with Crippen LogP contribution < -0.4 is 15.4 Å². The van der Waals surface area contributed by atoms with Gasteiger partial charge in [-0.15, -0.1) is 0 Å². The molecule has 0 radical (unpaired) electrons. The van der Waals surface area contributed by atoms with E-state index in [1.165, 1.54) is 18.4 Å². The maximum absolute atomic E-state index is 10.6. The van der Waals surface area contributed by atoms with Gasteiger partial charge in [-0.2, -0.15) is 18.3 Å². The maximum atomic E-state index is 10.6. The molecule has 14 heteroatoms. The van der Waals surface area contributed by atoms with E-state index < -0.39 is 12.1 Å². The van der Waals surface area contributed by atoms with Crippen LogP contribution in [0.4, 0.5) is 19.0 Å². The van der Waals surface area contributed by atoms with Crippen molar-refractivity contribution in [2.45, 2.75) is 77.9 Å². The topological polar surface area (TPSA) is 130 Å². The first-order valence-electron chi connectivity index (χ1n) is 16.1. The summed E-state index contributed by atoms with van der Waals surface area (Å²) < 4.78 is 36.9. The van der Waals surface area contributed by atoms with Gasteiger partial charge in [-0.3, -0.25) is 5.10 Å². The van der Waals surface area contributed by atoms with Crippen LogP contribution in [-0.2, 0) is 4.79 Å².